The van der Waals surface area contributed by atoms with Crippen LogP contribution in [0.25, 0.3) is 33.2 Å². The van der Waals surface area contributed by atoms with E-state index in [1.54, 1.807) is 12.1 Å². The highest BCUT2D eigenvalue weighted by Gasteiger charge is 2.18. The maximum atomic E-state index is 11.0. The first-order chi connectivity index (χ1) is 10.1. The van der Waals surface area contributed by atoms with Gasteiger partial charge in [-0.1, -0.05) is 18.2 Å². The van der Waals surface area contributed by atoms with Gasteiger partial charge in [0.2, 0.25) is 0 Å². The van der Waals surface area contributed by atoms with Crippen LogP contribution in [0.15, 0.2) is 48.5 Å². The third kappa shape index (κ3) is 1.61. The van der Waals surface area contributed by atoms with E-state index in [1.807, 2.05) is 41.9 Å². The van der Waals surface area contributed by atoms with Crippen LogP contribution in [0, 0.1) is 10.1 Å². The number of hydrogen-bond donors (Lipinski definition) is 0. The molecule has 5 heteroatoms. The lowest BCUT2D eigenvalue weighted by molar-refractivity contribution is -0.384. The monoisotopic (exact) mass is 277 g/mol. The number of aryl methyl sites for hydroxylation is 1. The number of benzene rings is 2. The molecule has 21 heavy (non-hydrogen) atoms. The van der Waals surface area contributed by atoms with Crippen LogP contribution < -0.4 is 0 Å². The van der Waals surface area contributed by atoms with Crippen LogP contribution in [0.1, 0.15) is 0 Å². The third-order valence-electron chi connectivity index (χ3n) is 3.86. The molecule has 2 aliphatic rings. The van der Waals surface area contributed by atoms with E-state index in [4.69, 9.17) is 0 Å². The molecule has 0 aliphatic carbocycles. The van der Waals surface area contributed by atoms with Crippen molar-refractivity contribution < 1.29 is 4.92 Å². The van der Waals surface area contributed by atoms with Crippen molar-refractivity contribution in [2.75, 3.05) is 0 Å². The van der Waals surface area contributed by atoms with Crippen LogP contribution in [0.3, 0.4) is 0 Å². The molecule has 2 heterocycles. The smallest absolute Gasteiger partial charge is 0.270 e. The summed E-state index contributed by atoms with van der Waals surface area (Å²) in [5.74, 6) is 0. The Hall–Kier alpha value is -2.95. The van der Waals surface area contributed by atoms with Crippen molar-refractivity contribution in [2.24, 2.45) is 7.05 Å². The minimum Gasteiger partial charge on any atom is -0.342 e. The lowest BCUT2D eigenvalue weighted by Gasteiger charge is -2.11. The Morgan fingerprint density at radius 2 is 1.95 bits per heavy atom. The summed E-state index contributed by atoms with van der Waals surface area (Å²) in [4.78, 5) is 15.2. The van der Waals surface area contributed by atoms with Crippen molar-refractivity contribution >= 4 is 27.5 Å². The summed E-state index contributed by atoms with van der Waals surface area (Å²) in [6.45, 7) is 0. The maximum Gasteiger partial charge on any atom is 0.270 e. The zero-order chi connectivity index (χ0) is 14.6. The van der Waals surface area contributed by atoms with Crippen molar-refractivity contribution in [3.05, 3.63) is 58.6 Å². The number of para-hydroxylation sites is 1. The Kier molecular flexibility index (Phi) is 2.27. The van der Waals surface area contributed by atoms with E-state index in [-0.39, 0.29) is 10.6 Å². The van der Waals surface area contributed by atoms with Gasteiger partial charge in [0.25, 0.3) is 5.69 Å². The number of nitro groups is 1. The molecule has 0 bridgehead atoms. The van der Waals surface area contributed by atoms with E-state index in [0.717, 1.165) is 33.2 Å². The Bertz CT molecular complexity index is 988. The van der Waals surface area contributed by atoms with Gasteiger partial charge in [0, 0.05) is 35.5 Å². The van der Waals surface area contributed by atoms with Crippen LogP contribution in [-0.4, -0.2) is 14.5 Å². The first kappa shape index (κ1) is 11.8. The number of pyridine rings is 1. The minimum absolute atomic E-state index is 0.0879. The molecule has 0 spiro atoms. The summed E-state index contributed by atoms with van der Waals surface area (Å²) in [6, 6.07) is 14.9. The Morgan fingerprint density at radius 1 is 1.14 bits per heavy atom. The van der Waals surface area contributed by atoms with Crippen molar-refractivity contribution in [3.8, 4) is 11.4 Å². The molecule has 102 valence electrons. The fraction of sp³-hybridized carbons (Fsp3) is 0.0625. The minimum atomic E-state index is -0.376. The molecule has 4 rings (SSSR count). The molecule has 0 unspecified atom stereocenters. The number of non-ortho nitro benzene ring substituents is 1. The third-order valence-corrected chi connectivity index (χ3v) is 3.86. The highest BCUT2D eigenvalue weighted by atomic mass is 16.6. The summed E-state index contributed by atoms with van der Waals surface area (Å²) < 4.78 is 2.05. The predicted molar refractivity (Wildman–Crippen MR) is 81.5 cm³/mol. The van der Waals surface area contributed by atoms with Gasteiger partial charge in [0.15, 0.2) is 0 Å². The molecule has 0 radical (unpaired) electrons. The van der Waals surface area contributed by atoms with Gasteiger partial charge in [-0.25, -0.2) is 4.98 Å². The van der Waals surface area contributed by atoms with Crippen LogP contribution in [-0.2, 0) is 7.05 Å². The standard InChI is InChI=1S/C16H11N3O2/c1-18-15-5-3-2-4-10(15)8-14-16(18)12-9-11(19(20)21)6-7-13(12)17-14/h2-9H,1H3. The van der Waals surface area contributed by atoms with Gasteiger partial charge in [0.05, 0.1) is 21.8 Å². The van der Waals surface area contributed by atoms with E-state index in [9.17, 15) is 10.1 Å². The average Bonchev–Trinajstić information content (AvgIpc) is 2.84. The average molecular weight is 277 g/mol. The molecule has 2 aromatic rings. The quantitative estimate of drug-likeness (QED) is 0.393. The number of nitro benzene ring substituents is 1. The summed E-state index contributed by atoms with van der Waals surface area (Å²) in [6.07, 6.45) is 0. The van der Waals surface area contributed by atoms with Gasteiger partial charge in [-0.05, 0) is 18.2 Å². The highest BCUT2D eigenvalue weighted by molar-refractivity contribution is 6.00. The molecule has 0 saturated heterocycles. The van der Waals surface area contributed by atoms with Gasteiger partial charge < -0.3 is 4.57 Å². The zero-order valence-corrected chi connectivity index (χ0v) is 11.3. The number of rotatable bonds is 1. The van der Waals surface area contributed by atoms with Crippen molar-refractivity contribution in [1.29, 1.82) is 0 Å². The largest absolute Gasteiger partial charge is 0.342 e. The molecule has 0 atom stereocenters. The molecule has 0 aromatic heterocycles. The number of aromatic nitrogens is 2. The first-order valence-electron chi connectivity index (χ1n) is 6.57. The lowest BCUT2D eigenvalue weighted by atomic mass is 10.1. The van der Waals surface area contributed by atoms with Crippen LogP contribution in [0.2, 0.25) is 0 Å². The topological polar surface area (TPSA) is 61.0 Å². The molecule has 5 nitrogen and oxygen atoms in total. The van der Waals surface area contributed by atoms with E-state index in [2.05, 4.69) is 4.98 Å². The van der Waals surface area contributed by atoms with Gasteiger partial charge in [-0.15, -0.1) is 0 Å². The summed E-state index contributed by atoms with van der Waals surface area (Å²) in [5, 5.41) is 12.9. The molecular weight excluding hydrogens is 266 g/mol. The molecule has 0 amide bonds. The van der Waals surface area contributed by atoms with Gasteiger partial charge in [0.1, 0.15) is 0 Å². The SMILES string of the molecule is Cn1c2c3cc([N+](=O)[O-])ccc3nc-2cc2ccccc21. The fourth-order valence-electron chi connectivity index (χ4n) is 2.88. The molecule has 2 aliphatic heterocycles. The molecular formula is C16H11N3O2. The Labute approximate surface area is 119 Å². The summed E-state index contributed by atoms with van der Waals surface area (Å²) in [7, 11) is 1.96. The Morgan fingerprint density at radius 3 is 2.76 bits per heavy atom. The van der Waals surface area contributed by atoms with Crippen LogP contribution >= 0.6 is 0 Å². The van der Waals surface area contributed by atoms with Crippen molar-refractivity contribution in [1.82, 2.24) is 9.55 Å². The second-order valence-electron chi connectivity index (χ2n) is 5.07. The van der Waals surface area contributed by atoms with E-state index in [1.165, 1.54) is 6.07 Å². The molecule has 0 N–H and O–H groups in total. The number of fused-ring (bicyclic) bond motifs is 4. The van der Waals surface area contributed by atoms with Crippen LogP contribution in [0.5, 0.6) is 0 Å². The highest BCUT2D eigenvalue weighted by Crippen LogP contribution is 2.35. The van der Waals surface area contributed by atoms with E-state index in [0.29, 0.717) is 0 Å². The zero-order valence-electron chi connectivity index (χ0n) is 11.3. The second-order valence-corrected chi connectivity index (χ2v) is 5.07. The fourth-order valence-corrected chi connectivity index (χ4v) is 2.88. The second kappa shape index (κ2) is 4.02. The molecule has 2 aromatic carbocycles. The maximum absolute atomic E-state index is 11.0. The van der Waals surface area contributed by atoms with Gasteiger partial charge in [-0.3, -0.25) is 10.1 Å². The Balaban J connectivity index is 2.19. The molecule has 0 saturated carbocycles. The van der Waals surface area contributed by atoms with Gasteiger partial charge >= 0.3 is 0 Å². The number of hydrogen-bond acceptors (Lipinski definition) is 3. The predicted octanol–water partition coefficient (Wildman–Crippen LogP) is 3.74. The lowest BCUT2D eigenvalue weighted by Crippen LogP contribution is -1.98. The van der Waals surface area contributed by atoms with Crippen LogP contribution in [0.4, 0.5) is 5.69 Å². The number of nitrogens with zero attached hydrogens (tertiary/aromatic N) is 3. The summed E-state index contributed by atoms with van der Waals surface area (Å²) in [5.41, 5.74) is 3.72. The normalized spacial score (nSPS) is 11.5. The molecule has 0 fully saturated rings. The van der Waals surface area contributed by atoms with Crippen molar-refractivity contribution in [2.45, 2.75) is 0 Å². The van der Waals surface area contributed by atoms with E-state index >= 15 is 0 Å². The van der Waals surface area contributed by atoms with Crippen molar-refractivity contribution in [3.63, 3.8) is 0 Å². The van der Waals surface area contributed by atoms with Gasteiger partial charge in [-0.2, -0.15) is 0 Å². The first-order valence-corrected chi connectivity index (χ1v) is 6.57. The van der Waals surface area contributed by atoms with E-state index < -0.39 is 0 Å². The summed E-state index contributed by atoms with van der Waals surface area (Å²) >= 11 is 0.